The summed E-state index contributed by atoms with van der Waals surface area (Å²) in [6.45, 7) is 9.72. The average molecular weight is 405 g/mol. The van der Waals surface area contributed by atoms with Crippen molar-refractivity contribution in [3.63, 3.8) is 0 Å². The molecule has 1 aromatic carbocycles. The first-order chi connectivity index (χ1) is 13.7. The van der Waals surface area contributed by atoms with Crippen molar-refractivity contribution < 1.29 is 4.74 Å². The van der Waals surface area contributed by atoms with Crippen LogP contribution in [0.25, 0.3) is 0 Å². The molecule has 2 aliphatic rings. The van der Waals surface area contributed by atoms with E-state index in [1.807, 2.05) is 11.8 Å². The summed E-state index contributed by atoms with van der Waals surface area (Å²) in [6, 6.07) is 9.40. The van der Waals surface area contributed by atoms with Crippen molar-refractivity contribution in [2.75, 3.05) is 32.5 Å². The number of morpholine rings is 1. The number of aliphatic imine (C=N–C) groups is 1. The lowest BCUT2D eigenvalue weighted by Gasteiger charge is -2.31. The van der Waals surface area contributed by atoms with Crippen molar-refractivity contribution in [1.29, 1.82) is 0 Å². The molecule has 0 amide bonds. The Balaban J connectivity index is 1.56. The molecule has 2 fully saturated rings. The molecule has 0 aromatic heterocycles. The molecule has 0 bridgehead atoms. The van der Waals surface area contributed by atoms with Gasteiger partial charge in [-0.05, 0) is 50.5 Å². The Morgan fingerprint density at radius 1 is 1.32 bits per heavy atom. The fourth-order valence-electron chi connectivity index (χ4n) is 4.09. The molecule has 3 atom stereocenters. The van der Waals surface area contributed by atoms with Gasteiger partial charge in [0.05, 0.1) is 19.3 Å². The van der Waals surface area contributed by atoms with Crippen molar-refractivity contribution in [3.8, 4) is 0 Å². The van der Waals surface area contributed by atoms with Crippen LogP contribution in [-0.2, 0) is 17.8 Å². The molecule has 1 aliphatic heterocycles. The molecule has 1 heterocycles. The number of rotatable bonds is 7. The highest BCUT2D eigenvalue weighted by atomic mass is 32.2. The van der Waals surface area contributed by atoms with Crippen LogP contribution in [0.3, 0.4) is 0 Å². The number of nitrogens with zero attached hydrogens (tertiary/aromatic N) is 2. The van der Waals surface area contributed by atoms with E-state index < -0.39 is 0 Å². The number of guanidine groups is 1. The second kappa shape index (κ2) is 11.1. The Bertz CT molecular complexity index is 639. The fourth-order valence-corrected chi connectivity index (χ4v) is 4.88. The zero-order valence-corrected chi connectivity index (χ0v) is 18.4. The SMILES string of the molecule is CCNC(=NCc1cccc(CN2CCOC(C)C2)c1)NC1CCC(SC)C1. The number of thioether (sulfide) groups is 1. The molecule has 6 heteroatoms. The van der Waals surface area contributed by atoms with Crippen LogP contribution in [0.5, 0.6) is 0 Å². The summed E-state index contributed by atoms with van der Waals surface area (Å²) in [5.41, 5.74) is 2.63. The summed E-state index contributed by atoms with van der Waals surface area (Å²) in [6.07, 6.45) is 6.33. The normalized spacial score (nSPS) is 26.4. The van der Waals surface area contributed by atoms with Crippen molar-refractivity contribution in [3.05, 3.63) is 35.4 Å². The van der Waals surface area contributed by atoms with E-state index in [1.54, 1.807) is 0 Å². The van der Waals surface area contributed by atoms with Crippen LogP contribution in [0.2, 0.25) is 0 Å². The van der Waals surface area contributed by atoms with Gasteiger partial charge >= 0.3 is 0 Å². The molecule has 1 aliphatic carbocycles. The molecule has 0 spiro atoms. The van der Waals surface area contributed by atoms with E-state index >= 15 is 0 Å². The third-order valence-corrected chi connectivity index (χ3v) is 6.64. The Morgan fingerprint density at radius 3 is 2.93 bits per heavy atom. The van der Waals surface area contributed by atoms with Gasteiger partial charge in [-0.25, -0.2) is 4.99 Å². The molecular weight excluding hydrogens is 368 g/mol. The zero-order chi connectivity index (χ0) is 19.8. The molecule has 1 saturated carbocycles. The molecule has 1 aromatic rings. The Labute approximate surface area is 174 Å². The lowest BCUT2D eigenvalue weighted by Crippen LogP contribution is -2.42. The summed E-state index contributed by atoms with van der Waals surface area (Å²) < 4.78 is 5.65. The maximum atomic E-state index is 5.65. The van der Waals surface area contributed by atoms with Crippen LogP contribution < -0.4 is 10.6 Å². The largest absolute Gasteiger partial charge is 0.376 e. The van der Waals surface area contributed by atoms with E-state index in [0.29, 0.717) is 18.7 Å². The second-order valence-corrected chi connectivity index (χ2v) is 9.08. The summed E-state index contributed by atoms with van der Waals surface area (Å²) in [5, 5.41) is 7.84. The first-order valence-corrected chi connectivity index (χ1v) is 11.9. The minimum absolute atomic E-state index is 0.330. The molecule has 2 N–H and O–H groups in total. The predicted molar refractivity (Wildman–Crippen MR) is 120 cm³/mol. The lowest BCUT2D eigenvalue weighted by molar-refractivity contribution is -0.0212. The number of benzene rings is 1. The van der Waals surface area contributed by atoms with Gasteiger partial charge in [0.2, 0.25) is 0 Å². The Morgan fingerprint density at radius 2 is 2.18 bits per heavy atom. The number of hydrogen-bond donors (Lipinski definition) is 2. The van der Waals surface area contributed by atoms with Crippen molar-refractivity contribution in [2.45, 2.75) is 63.6 Å². The minimum Gasteiger partial charge on any atom is -0.376 e. The van der Waals surface area contributed by atoms with Crippen LogP contribution >= 0.6 is 11.8 Å². The standard InChI is InChI=1S/C22H36N4OS/c1-4-23-22(25-20-8-9-21(13-20)28-3)24-14-18-6-5-7-19(12-18)16-26-10-11-27-17(2)15-26/h5-7,12,17,20-21H,4,8-11,13-16H2,1-3H3,(H2,23,24,25). The third-order valence-electron chi connectivity index (χ3n) is 5.55. The van der Waals surface area contributed by atoms with E-state index in [4.69, 9.17) is 9.73 Å². The van der Waals surface area contributed by atoms with E-state index in [1.165, 1.54) is 30.4 Å². The molecule has 156 valence electrons. The first kappa shape index (κ1) is 21.5. The van der Waals surface area contributed by atoms with Crippen molar-refractivity contribution in [1.82, 2.24) is 15.5 Å². The Kier molecular flexibility index (Phi) is 8.49. The maximum Gasteiger partial charge on any atom is 0.191 e. The zero-order valence-electron chi connectivity index (χ0n) is 17.6. The average Bonchev–Trinajstić information content (AvgIpc) is 3.14. The van der Waals surface area contributed by atoms with Crippen molar-refractivity contribution in [2.24, 2.45) is 4.99 Å². The highest BCUT2D eigenvalue weighted by Crippen LogP contribution is 2.28. The van der Waals surface area contributed by atoms with Crippen LogP contribution in [0.4, 0.5) is 0 Å². The number of ether oxygens (including phenoxy) is 1. The minimum atomic E-state index is 0.330. The molecule has 28 heavy (non-hydrogen) atoms. The summed E-state index contributed by atoms with van der Waals surface area (Å²) in [7, 11) is 0. The van der Waals surface area contributed by atoms with E-state index in [2.05, 4.69) is 59.9 Å². The summed E-state index contributed by atoms with van der Waals surface area (Å²) in [5.74, 6) is 0.946. The van der Waals surface area contributed by atoms with Crippen LogP contribution in [0, 0.1) is 0 Å². The van der Waals surface area contributed by atoms with E-state index in [9.17, 15) is 0 Å². The second-order valence-electron chi connectivity index (χ2n) is 7.94. The van der Waals surface area contributed by atoms with E-state index in [0.717, 1.165) is 44.0 Å². The highest BCUT2D eigenvalue weighted by Gasteiger charge is 2.24. The lowest BCUT2D eigenvalue weighted by atomic mass is 10.1. The van der Waals surface area contributed by atoms with Gasteiger partial charge < -0.3 is 15.4 Å². The summed E-state index contributed by atoms with van der Waals surface area (Å²) >= 11 is 1.99. The van der Waals surface area contributed by atoms with Gasteiger partial charge in [-0.3, -0.25) is 4.90 Å². The molecule has 1 saturated heterocycles. The summed E-state index contributed by atoms with van der Waals surface area (Å²) in [4.78, 5) is 7.33. The van der Waals surface area contributed by atoms with Crippen molar-refractivity contribution >= 4 is 17.7 Å². The third kappa shape index (κ3) is 6.68. The van der Waals surface area contributed by atoms with Crippen LogP contribution in [0.15, 0.2) is 29.3 Å². The van der Waals surface area contributed by atoms with Crippen LogP contribution in [-0.4, -0.2) is 60.8 Å². The topological polar surface area (TPSA) is 48.9 Å². The highest BCUT2D eigenvalue weighted by molar-refractivity contribution is 7.99. The van der Waals surface area contributed by atoms with Gasteiger partial charge in [0, 0.05) is 37.5 Å². The van der Waals surface area contributed by atoms with E-state index in [-0.39, 0.29) is 0 Å². The predicted octanol–water partition coefficient (Wildman–Crippen LogP) is 3.25. The number of hydrogen-bond acceptors (Lipinski definition) is 4. The van der Waals surface area contributed by atoms with Gasteiger partial charge in [0.1, 0.15) is 0 Å². The van der Waals surface area contributed by atoms with Gasteiger partial charge in [0.25, 0.3) is 0 Å². The molecule has 3 rings (SSSR count). The molecule has 3 unspecified atom stereocenters. The molecule has 5 nitrogen and oxygen atoms in total. The van der Waals surface area contributed by atoms with Gasteiger partial charge in [-0.1, -0.05) is 24.3 Å². The Hall–Kier alpha value is -1.24. The first-order valence-electron chi connectivity index (χ1n) is 10.7. The van der Waals surface area contributed by atoms with Gasteiger partial charge in [-0.2, -0.15) is 11.8 Å². The monoisotopic (exact) mass is 404 g/mol. The maximum absolute atomic E-state index is 5.65. The quantitative estimate of drug-likeness (QED) is 0.540. The fraction of sp³-hybridized carbons (Fsp3) is 0.682. The number of nitrogens with one attached hydrogen (secondary N) is 2. The molecular formula is C22H36N4OS. The molecule has 0 radical (unpaired) electrons. The van der Waals surface area contributed by atoms with Gasteiger partial charge in [-0.15, -0.1) is 0 Å². The van der Waals surface area contributed by atoms with Crippen LogP contribution in [0.1, 0.15) is 44.2 Å². The smallest absolute Gasteiger partial charge is 0.191 e. The van der Waals surface area contributed by atoms with Gasteiger partial charge in [0.15, 0.2) is 5.96 Å².